The van der Waals surface area contributed by atoms with E-state index in [1.165, 1.54) is 19.3 Å². The summed E-state index contributed by atoms with van der Waals surface area (Å²) in [6, 6.07) is 0. The fraction of sp³-hybridized carbons (Fsp3) is 0.917. The molecular weight excluding hydrogens is 186 g/mol. The average molecular weight is 211 g/mol. The van der Waals surface area contributed by atoms with Crippen LogP contribution in [0.3, 0.4) is 0 Å². The Morgan fingerprint density at radius 3 is 2.87 bits per heavy atom. The number of rotatable bonds is 4. The van der Waals surface area contributed by atoms with E-state index >= 15 is 0 Å². The fourth-order valence-corrected chi connectivity index (χ4v) is 2.06. The van der Waals surface area contributed by atoms with Crippen molar-refractivity contribution in [2.45, 2.75) is 40.0 Å². The summed E-state index contributed by atoms with van der Waals surface area (Å²) in [4.78, 5) is 6.66. The molecule has 0 radical (unpaired) electrons. The zero-order chi connectivity index (χ0) is 11.3. The van der Waals surface area contributed by atoms with E-state index in [9.17, 15) is 0 Å². The maximum Gasteiger partial charge on any atom is 0.191 e. The third-order valence-corrected chi connectivity index (χ3v) is 2.93. The van der Waals surface area contributed by atoms with Crippen LogP contribution in [-0.4, -0.2) is 30.5 Å². The second kappa shape index (κ2) is 5.99. The summed E-state index contributed by atoms with van der Waals surface area (Å²) >= 11 is 0. The first-order chi connectivity index (χ1) is 7.13. The van der Waals surface area contributed by atoms with Gasteiger partial charge >= 0.3 is 0 Å². The Labute approximate surface area is 93.7 Å². The number of aliphatic imine (C=N–C) groups is 1. The van der Waals surface area contributed by atoms with Crippen molar-refractivity contribution in [2.75, 3.05) is 19.6 Å². The highest BCUT2D eigenvalue weighted by Gasteiger charge is 2.22. The summed E-state index contributed by atoms with van der Waals surface area (Å²) in [5.41, 5.74) is 5.96. The van der Waals surface area contributed by atoms with Gasteiger partial charge in [-0.15, -0.1) is 0 Å². The predicted molar refractivity (Wildman–Crippen MR) is 65.9 cm³/mol. The van der Waals surface area contributed by atoms with Crippen LogP contribution in [0.4, 0.5) is 0 Å². The van der Waals surface area contributed by atoms with Crippen molar-refractivity contribution in [3.05, 3.63) is 0 Å². The third-order valence-electron chi connectivity index (χ3n) is 2.93. The lowest BCUT2D eigenvalue weighted by atomic mass is 10.0. The average Bonchev–Trinajstić information content (AvgIpc) is 2.63. The minimum absolute atomic E-state index is 0.595. The first-order valence-corrected chi connectivity index (χ1v) is 6.18. The van der Waals surface area contributed by atoms with E-state index in [2.05, 4.69) is 30.7 Å². The molecule has 0 aromatic rings. The number of guanidine groups is 1. The molecule has 88 valence electrons. The van der Waals surface area contributed by atoms with Gasteiger partial charge in [-0.25, -0.2) is 0 Å². The molecule has 0 bridgehead atoms. The van der Waals surface area contributed by atoms with Crippen molar-refractivity contribution in [1.29, 1.82) is 0 Å². The zero-order valence-corrected chi connectivity index (χ0v) is 10.4. The van der Waals surface area contributed by atoms with Gasteiger partial charge < -0.3 is 10.6 Å². The van der Waals surface area contributed by atoms with Crippen molar-refractivity contribution >= 4 is 5.96 Å². The van der Waals surface area contributed by atoms with Gasteiger partial charge in [-0.1, -0.05) is 27.2 Å². The highest BCUT2D eigenvalue weighted by Crippen LogP contribution is 2.20. The van der Waals surface area contributed by atoms with Gasteiger partial charge in [0.2, 0.25) is 0 Å². The van der Waals surface area contributed by atoms with Crippen LogP contribution < -0.4 is 5.73 Å². The quantitative estimate of drug-likeness (QED) is 0.571. The zero-order valence-electron chi connectivity index (χ0n) is 10.4. The van der Waals surface area contributed by atoms with Crippen LogP contribution in [-0.2, 0) is 0 Å². The van der Waals surface area contributed by atoms with Gasteiger partial charge in [-0.05, 0) is 24.7 Å². The second-order valence-corrected chi connectivity index (χ2v) is 4.98. The van der Waals surface area contributed by atoms with E-state index in [0.29, 0.717) is 5.92 Å². The Bertz CT molecular complexity index is 211. The summed E-state index contributed by atoms with van der Waals surface area (Å²) in [6.45, 7) is 9.64. The molecule has 0 amide bonds. The molecule has 0 spiro atoms. The highest BCUT2D eigenvalue weighted by molar-refractivity contribution is 5.78. The Morgan fingerprint density at radius 2 is 2.27 bits per heavy atom. The van der Waals surface area contributed by atoms with Crippen LogP contribution in [0.25, 0.3) is 0 Å². The molecule has 3 heteroatoms. The van der Waals surface area contributed by atoms with Gasteiger partial charge in [0.15, 0.2) is 5.96 Å². The normalized spacial score (nSPS) is 22.8. The molecule has 3 nitrogen and oxygen atoms in total. The summed E-state index contributed by atoms with van der Waals surface area (Å²) in [6.07, 6.45) is 3.89. The molecule has 2 N–H and O–H groups in total. The first kappa shape index (κ1) is 12.3. The van der Waals surface area contributed by atoms with Crippen molar-refractivity contribution in [3.63, 3.8) is 0 Å². The van der Waals surface area contributed by atoms with E-state index in [1.807, 2.05) is 0 Å². The van der Waals surface area contributed by atoms with Crippen LogP contribution in [0.5, 0.6) is 0 Å². The van der Waals surface area contributed by atoms with Crippen molar-refractivity contribution in [3.8, 4) is 0 Å². The minimum atomic E-state index is 0.595. The molecular formula is C12H25N3. The Hall–Kier alpha value is -0.730. The van der Waals surface area contributed by atoms with Gasteiger partial charge in [-0.3, -0.25) is 4.99 Å². The van der Waals surface area contributed by atoms with Crippen molar-refractivity contribution in [2.24, 2.45) is 22.6 Å². The number of nitrogens with zero attached hydrogens (tertiary/aromatic N) is 2. The molecule has 1 aliphatic rings. The summed E-state index contributed by atoms with van der Waals surface area (Å²) in [7, 11) is 0. The van der Waals surface area contributed by atoms with Crippen LogP contribution in [0, 0.1) is 11.8 Å². The largest absolute Gasteiger partial charge is 0.370 e. The van der Waals surface area contributed by atoms with E-state index in [1.54, 1.807) is 0 Å². The molecule has 1 atom stereocenters. The third kappa shape index (κ3) is 4.10. The van der Waals surface area contributed by atoms with Crippen LogP contribution >= 0.6 is 0 Å². The Kier molecular flexibility index (Phi) is 4.92. The number of nitrogens with two attached hydrogens (primary N) is 1. The predicted octanol–water partition coefficient (Wildman–Crippen LogP) is 2.08. The van der Waals surface area contributed by atoms with Crippen molar-refractivity contribution in [1.82, 2.24) is 4.90 Å². The van der Waals surface area contributed by atoms with Gasteiger partial charge in [0.1, 0.15) is 0 Å². The SMILES string of the molecule is CCCC1CCN(C(N)=NCC(C)C)C1. The number of hydrogen-bond acceptors (Lipinski definition) is 1. The topological polar surface area (TPSA) is 41.6 Å². The lowest BCUT2D eigenvalue weighted by molar-refractivity contribution is 0.452. The molecule has 1 aliphatic heterocycles. The fourth-order valence-electron chi connectivity index (χ4n) is 2.06. The number of likely N-dealkylation sites (tertiary alicyclic amines) is 1. The van der Waals surface area contributed by atoms with Gasteiger partial charge in [0.05, 0.1) is 0 Å². The molecule has 0 aromatic carbocycles. The van der Waals surface area contributed by atoms with E-state index in [4.69, 9.17) is 5.73 Å². The van der Waals surface area contributed by atoms with Crippen LogP contribution in [0.2, 0.25) is 0 Å². The molecule has 0 aliphatic carbocycles. The van der Waals surface area contributed by atoms with Gasteiger partial charge in [-0.2, -0.15) is 0 Å². The molecule has 1 fully saturated rings. The second-order valence-electron chi connectivity index (χ2n) is 4.98. The molecule has 0 saturated carbocycles. The highest BCUT2D eigenvalue weighted by atomic mass is 15.3. The standard InChI is InChI=1S/C12H25N3/c1-4-5-11-6-7-15(9-11)12(13)14-8-10(2)3/h10-11H,4-9H2,1-3H3,(H2,13,14). The minimum Gasteiger partial charge on any atom is -0.370 e. The van der Waals surface area contributed by atoms with E-state index < -0.39 is 0 Å². The van der Waals surface area contributed by atoms with Crippen molar-refractivity contribution < 1.29 is 0 Å². The smallest absolute Gasteiger partial charge is 0.191 e. The van der Waals surface area contributed by atoms with Gasteiger partial charge in [0, 0.05) is 19.6 Å². The molecule has 1 saturated heterocycles. The maximum atomic E-state index is 5.96. The van der Waals surface area contributed by atoms with E-state index in [-0.39, 0.29) is 0 Å². The van der Waals surface area contributed by atoms with E-state index in [0.717, 1.165) is 31.5 Å². The lowest BCUT2D eigenvalue weighted by Crippen LogP contribution is -2.35. The van der Waals surface area contributed by atoms with Crippen LogP contribution in [0.15, 0.2) is 4.99 Å². The molecule has 1 rings (SSSR count). The first-order valence-electron chi connectivity index (χ1n) is 6.18. The summed E-state index contributed by atoms with van der Waals surface area (Å²) in [5.74, 6) is 2.18. The summed E-state index contributed by atoms with van der Waals surface area (Å²) < 4.78 is 0. The molecule has 1 heterocycles. The summed E-state index contributed by atoms with van der Waals surface area (Å²) in [5, 5.41) is 0. The Balaban J connectivity index is 2.35. The monoisotopic (exact) mass is 211 g/mol. The molecule has 15 heavy (non-hydrogen) atoms. The maximum absolute atomic E-state index is 5.96. The molecule has 1 unspecified atom stereocenters. The Morgan fingerprint density at radius 1 is 1.53 bits per heavy atom. The molecule has 0 aromatic heterocycles. The van der Waals surface area contributed by atoms with Gasteiger partial charge in [0.25, 0.3) is 0 Å². The number of hydrogen-bond donors (Lipinski definition) is 1. The lowest BCUT2D eigenvalue weighted by Gasteiger charge is -2.17. The van der Waals surface area contributed by atoms with Crippen LogP contribution in [0.1, 0.15) is 40.0 Å².